The number of carboxylic acids is 2. The predicted molar refractivity (Wildman–Crippen MR) is 132 cm³/mol. The van der Waals surface area contributed by atoms with Gasteiger partial charge in [-0.15, -0.1) is 0 Å². The van der Waals surface area contributed by atoms with Crippen molar-refractivity contribution in [1.29, 1.82) is 0 Å². The lowest BCUT2D eigenvalue weighted by Crippen LogP contribution is -2.34. The molecule has 2 atom stereocenters. The third kappa shape index (κ3) is 17.2. The van der Waals surface area contributed by atoms with Crippen molar-refractivity contribution >= 4 is 11.9 Å². The van der Waals surface area contributed by atoms with Gasteiger partial charge in [0.05, 0.1) is 44.1 Å². The van der Waals surface area contributed by atoms with Crippen molar-refractivity contribution < 1.29 is 38.7 Å². The number of hydrogen-bond donors (Lipinski definition) is 2. The third-order valence-electron chi connectivity index (χ3n) is 6.10. The van der Waals surface area contributed by atoms with Gasteiger partial charge >= 0.3 is 11.9 Å². The number of unbranched alkanes of at least 4 members (excludes halogenated alkanes) is 2. The van der Waals surface area contributed by atoms with Crippen LogP contribution in [-0.2, 0) is 28.5 Å². The van der Waals surface area contributed by atoms with Crippen LogP contribution in [0.4, 0.5) is 0 Å². The summed E-state index contributed by atoms with van der Waals surface area (Å²) in [6.45, 7) is 11.6. The lowest BCUT2D eigenvalue weighted by atomic mass is 9.74. The average Bonchev–Trinajstić information content (AvgIpc) is 2.79. The highest BCUT2D eigenvalue weighted by Crippen LogP contribution is 2.37. The molecule has 0 fully saturated rings. The zero-order valence-electron chi connectivity index (χ0n) is 22.0. The molecule has 0 rings (SSSR count). The molecular formula is C26H50O8. The first-order valence-electron chi connectivity index (χ1n) is 13.1. The molecule has 0 saturated heterocycles. The van der Waals surface area contributed by atoms with E-state index in [4.69, 9.17) is 24.1 Å². The third-order valence-corrected chi connectivity index (χ3v) is 6.10. The first-order valence-corrected chi connectivity index (χ1v) is 13.1. The second-order valence-corrected chi connectivity index (χ2v) is 9.20. The van der Waals surface area contributed by atoms with Crippen LogP contribution in [0.15, 0.2) is 0 Å². The Morgan fingerprint density at radius 1 is 0.706 bits per heavy atom. The van der Waals surface area contributed by atoms with Crippen LogP contribution in [0, 0.1) is 5.41 Å². The molecule has 202 valence electrons. The number of rotatable bonds is 25. The van der Waals surface area contributed by atoms with E-state index >= 15 is 0 Å². The van der Waals surface area contributed by atoms with Crippen molar-refractivity contribution in [3.05, 3.63) is 0 Å². The topological polar surface area (TPSA) is 112 Å². The Balaban J connectivity index is 4.69. The molecule has 34 heavy (non-hydrogen) atoms. The summed E-state index contributed by atoms with van der Waals surface area (Å²) in [4.78, 5) is 23.4. The minimum Gasteiger partial charge on any atom is -0.481 e. The lowest BCUT2D eigenvalue weighted by Gasteiger charge is -2.31. The van der Waals surface area contributed by atoms with Crippen molar-refractivity contribution in [2.75, 3.05) is 39.6 Å². The molecule has 0 aromatic rings. The SMILES string of the molecule is CCCCOCCOC(C)CCC(CCCC(=O)O)(CCC(C)OCCOCCCC)C(=O)O. The van der Waals surface area contributed by atoms with Crippen LogP contribution in [0.1, 0.15) is 98.3 Å². The summed E-state index contributed by atoms with van der Waals surface area (Å²) in [5.74, 6) is -1.78. The average molecular weight is 491 g/mol. The van der Waals surface area contributed by atoms with E-state index in [-0.39, 0.29) is 18.6 Å². The summed E-state index contributed by atoms with van der Waals surface area (Å²) in [7, 11) is 0. The molecule has 0 bridgehead atoms. The maximum absolute atomic E-state index is 12.4. The molecule has 0 aromatic heterocycles. The summed E-state index contributed by atoms with van der Waals surface area (Å²) in [5, 5.41) is 19.2. The van der Waals surface area contributed by atoms with E-state index in [1.165, 1.54) is 0 Å². The maximum atomic E-state index is 12.4. The second-order valence-electron chi connectivity index (χ2n) is 9.20. The quantitative estimate of drug-likeness (QED) is 0.165. The number of ether oxygens (including phenoxy) is 4. The number of aliphatic carboxylic acids is 2. The van der Waals surface area contributed by atoms with E-state index < -0.39 is 17.4 Å². The molecule has 0 heterocycles. The zero-order valence-corrected chi connectivity index (χ0v) is 22.0. The van der Waals surface area contributed by atoms with E-state index in [1.54, 1.807) is 0 Å². The molecule has 0 aliphatic rings. The predicted octanol–water partition coefficient (Wildman–Crippen LogP) is 5.32. The number of hydrogen-bond acceptors (Lipinski definition) is 6. The van der Waals surface area contributed by atoms with E-state index in [1.807, 2.05) is 13.8 Å². The summed E-state index contributed by atoms with van der Waals surface area (Å²) < 4.78 is 22.6. The summed E-state index contributed by atoms with van der Waals surface area (Å²) in [6, 6.07) is 0. The lowest BCUT2D eigenvalue weighted by molar-refractivity contribution is -0.152. The highest BCUT2D eigenvalue weighted by Gasteiger charge is 2.38. The van der Waals surface area contributed by atoms with Crippen LogP contribution < -0.4 is 0 Å². The molecule has 0 radical (unpaired) electrons. The molecule has 8 nitrogen and oxygen atoms in total. The first kappa shape index (κ1) is 32.8. The van der Waals surface area contributed by atoms with Crippen LogP contribution in [0.3, 0.4) is 0 Å². The molecule has 8 heteroatoms. The molecule has 2 N–H and O–H groups in total. The van der Waals surface area contributed by atoms with Gasteiger partial charge in [-0.1, -0.05) is 26.7 Å². The summed E-state index contributed by atoms with van der Waals surface area (Å²) >= 11 is 0. The first-order chi connectivity index (χ1) is 16.3. The van der Waals surface area contributed by atoms with E-state index in [2.05, 4.69) is 13.8 Å². The van der Waals surface area contributed by atoms with Gasteiger partial charge in [0.2, 0.25) is 0 Å². The molecular weight excluding hydrogens is 440 g/mol. The van der Waals surface area contributed by atoms with E-state index in [9.17, 15) is 14.7 Å². The van der Waals surface area contributed by atoms with E-state index in [0.29, 0.717) is 65.0 Å². The minimum atomic E-state index is -0.986. The van der Waals surface area contributed by atoms with Gasteiger partial charge in [-0.2, -0.15) is 0 Å². The Labute approximate surface area is 206 Å². The van der Waals surface area contributed by atoms with Crippen molar-refractivity contribution in [3.63, 3.8) is 0 Å². The van der Waals surface area contributed by atoms with Gasteiger partial charge < -0.3 is 29.2 Å². The Morgan fingerprint density at radius 3 is 1.56 bits per heavy atom. The Kier molecular flexibility index (Phi) is 20.3. The van der Waals surface area contributed by atoms with Crippen molar-refractivity contribution in [2.45, 2.75) is 111 Å². The molecule has 0 saturated carbocycles. The van der Waals surface area contributed by atoms with Crippen LogP contribution in [0.2, 0.25) is 0 Å². The van der Waals surface area contributed by atoms with Gasteiger partial charge in [0.25, 0.3) is 0 Å². The molecule has 0 amide bonds. The molecule has 0 spiro atoms. The molecule has 0 aliphatic heterocycles. The zero-order chi connectivity index (χ0) is 25.7. The largest absolute Gasteiger partial charge is 0.481 e. The van der Waals surface area contributed by atoms with Gasteiger partial charge in [0.1, 0.15) is 0 Å². The Morgan fingerprint density at radius 2 is 1.18 bits per heavy atom. The Hall–Kier alpha value is -1.22. The van der Waals surface area contributed by atoms with Crippen molar-refractivity contribution in [3.8, 4) is 0 Å². The highest BCUT2D eigenvalue weighted by molar-refractivity contribution is 5.74. The highest BCUT2D eigenvalue weighted by atomic mass is 16.5. The minimum absolute atomic E-state index is 0.0304. The second kappa shape index (κ2) is 21.1. The van der Waals surface area contributed by atoms with Crippen LogP contribution in [0.25, 0.3) is 0 Å². The number of carbonyl (C=O) groups is 2. The van der Waals surface area contributed by atoms with Crippen LogP contribution in [-0.4, -0.2) is 74.0 Å². The molecule has 0 aromatic carbocycles. The standard InChI is InChI=1S/C26H50O8/c1-5-7-16-31-18-20-33-22(3)11-14-26(25(29)30,13-9-10-24(27)28)15-12-23(4)34-21-19-32-17-8-6-2/h22-23H,5-21H2,1-4H3,(H,27,28)(H,29,30). The Bertz CT molecular complexity index is 485. The smallest absolute Gasteiger partial charge is 0.309 e. The van der Waals surface area contributed by atoms with Crippen LogP contribution in [0.5, 0.6) is 0 Å². The van der Waals surface area contributed by atoms with Gasteiger partial charge in [-0.25, -0.2) is 0 Å². The van der Waals surface area contributed by atoms with Gasteiger partial charge in [-0.3, -0.25) is 9.59 Å². The molecule has 0 aliphatic carbocycles. The van der Waals surface area contributed by atoms with Crippen molar-refractivity contribution in [1.82, 2.24) is 0 Å². The number of carboxylic acid groups (broad SMARTS) is 2. The summed E-state index contributed by atoms with van der Waals surface area (Å²) in [6.07, 6.45) is 6.74. The van der Waals surface area contributed by atoms with Gasteiger partial charge in [-0.05, 0) is 65.2 Å². The normalized spacial score (nSPS) is 15.1. The van der Waals surface area contributed by atoms with Gasteiger partial charge in [0.15, 0.2) is 0 Å². The van der Waals surface area contributed by atoms with Gasteiger partial charge in [0, 0.05) is 19.6 Å². The van der Waals surface area contributed by atoms with Crippen LogP contribution >= 0.6 is 0 Å². The van der Waals surface area contributed by atoms with E-state index in [0.717, 1.165) is 38.9 Å². The fourth-order valence-electron chi connectivity index (χ4n) is 3.71. The fourth-order valence-corrected chi connectivity index (χ4v) is 3.71. The fraction of sp³-hybridized carbons (Fsp3) is 0.923. The molecule has 2 unspecified atom stereocenters. The maximum Gasteiger partial charge on any atom is 0.309 e. The van der Waals surface area contributed by atoms with Crippen molar-refractivity contribution in [2.24, 2.45) is 5.41 Å². The monoisotopic (exact) mass is 490 g/mol. The summed E-state index contributed by atoms with van der Waals surface area (Å²) in [5.41, 5.74) is -0.986.